The first-order valence-electron chi connectivity index (χ1n) is 5.55. The van der Waals surface area contributed by atoms with Crippen LogP contribution in [-0.4, -0.2) is 62.0 Å². The van der Waals surface area contributed by atoms with Gasteiger partial charge in [0, 0.05) is 34.0 Å². The lowest BCUT2D eigenvalue weighted by Crippen LogP contribution is -2.43. The Morgan fingerprint density at radius 1 is 1.06 bits per heavy atom. The molecule has 0 aliphatic heterocycles. The summed E-state index contributed by atoms with van der Waals surface area (Å²) in [5.41, 5.74) is 0. The molecule has 0 fully saturated rings. The highest BCUT2D eigenvalue weighted by atomic mass is 28.4. The maximum Gasteiger partial charge on any atom is 0.500 e. The van der Waals surface area contributed by atoms with Crippen molar-refractivity contribution in [1.29, 1.82) is 0 Å². The van der Waals surface area contributed by atoms with E-state index in [-0.39, 0.29) is 0 Å². The van der Waals surface area contributed by atoms with Gasteiger partial charge in [0.15, 0.2) is 0 Å². The van der Waals surface area contributed by atoms with Crippen LogP contribution >= 0.6 is 0 Å². The fraction of sp³-hybridized carbons (Fsp3) is 1.00. The van der Waals surface area contributed by atoms with Gasteiger partial charge in [0.2, 0.25) is 0 Å². The maximum absolute atomic E-state index is 5.34. The fourth-order valence-electron chi connectivity index (χ4n) is 1.43. The second kappa shape index (κ2) is 9.09. The Balaban J connectivity index is 3.77. The Morgan fingerprint density at radius 3 is 2.06 bits per heavy atom. The summed E-state index contributed by atoms with van der Waals surface area (Å²) in [6, 6.07) is 0.826. The van der Waals surface area contributed by atoms with Crippen molar-refractivity contribution >= 4 is 8.80 Å². The zero-order valence-electron chi connectivity index (χ0n) is 11.1. The molecule has 0 saturated carbocycles. The Labute approximate surface area is 100.0 Å². The third-order valence-corrected chi connectivity index (χ3v) is 5.30. The number of nitrogens with zero attached hydrogens (tertiary/aromatic N) is 1. The van der Waals surface area contributed by atoms with E-state index in [2.05, 4.69) is 4.90 Å². The fourth-order valence-corrected chi connectivity index (χ4v) is 3.14. The second-order valence-electron chi connectivity index (χ2n) is 3.60. The van der Waals surface area contributed by atoms with Crippen LogP contribution in [0.25, 0.3) is 0 Å². The van der Waals surface area contributed by atoms with Crippen molar-refractivity contribution in [3.63, 3.8) is 0 Å². The normalized spacial score (nSPS) is 12.4. The molecule has 0 aromatic heterocycles. The van der Waals surface area contributed by atoms with Gasteiger partial charge in [-0.25, -0.2) is 0 Å². The van der Waals surface area contributed by atoms with Crippen LogP contribution in [0.15, 0.2) is 0 Å². The lowest BCUT2D eigenvalue weighted by atomic mass is 10.4. The van der Waals surface area contributed by atoms with Crippen LogP contribution in [-0.2, 0) is 18.0 Å². The predicted octanol–water partition coefficient (Wildman–Crippen LogP) is 1.18. The third-order valence-electron chi connectivity index (χ3n) is 2.47. The quantitative estimate of drug-likeness (QED) is 0.431. The summed E-state index contributed by atoms with van der Waals surface area (Å²) in [5.74, 6) is 0. The van der Waals surface area contributed by atoms with Gasteiger partial charge in [-0.15, -0.1) is 0 Å². The second-order valence-corrected chi connectivity index (χ2v) is 6.69. The van der Waals surface area contributed by atoms with Gasteiger partial charge >= 0.3 is 8.80 Å². The van der Waals surface area contributed by atoms with Gasteiger partial charge in [-0.2, -0.15) is 0 Å². The third kappa shape index (κ3) is 5.93. The molecule has 0 bridgehead atoms. The molecular weight excluding hydrogens is 226 g/mol. The molecule has 0 unspecified atom stereocenters. The van der Waals surface area contributed by atoms with E-state index in [1.54, 1.807) is 21.3 Å². The summed E-state index contributed by atoms with van der Waals surface area (Å²) in [6.45, 7) is 4.35. The Hall–Kier alpha value is 0.0169. The summed E-state index contributed by atoms with van der Waals surface area (Å²) in [5, 5.41) is 0. The van der Waals surface area contributed by atoms with E-state index < -0.39 is 8.80 Å². The smallest absolute Gasteiger partial charge is 0.377 e. The maximum atomic E-state index is 5.34. The Bertz CT molecular complexity index is 159. The SMILES string of the molecule is CCOCN(C)CCC[Si](OC)(OC)OC. The van der Waals surface area contributed by atoms with Gasteiger partial charge in [-0.05, 0) is 26.9 Å². The zero-order valence-corrected chi connectivity index (χ0v) is 12.1. The molecule has 0 saturated heterocycles. The van der Waals surface area contributed by atoms with Crippen molar-refractivity contribution in [3.8, 4) is 0 Å². The first kappa shape index (κ1) is 16.0. The van der Waals surface area contributed by atoms with Gasteiger partial charge in [0.1, 0.15) is 0 Å². The summed E-state index contributed by atoms with van der Waals surface area (Å²) in [6.07, 6.45) is 0.977. The van der Waals surface area contributed by atoms with Crippen LogP contribution in [0.1, 0.15) is 13.3 Å². The Morgan fingerprint density at radius 2 is 1.62 bits per heavy atom. The molecule has 0 spiro atoms. The van der Waals surface area contributed by atoms with E-state index in [0.717, 1.165) is 25.6 Å². The molecule has 16 heavy (non-hydrogen) atoms. The minimum absolute atomic E-state index is 0.665. The highest BCUT2D eigenvalue weighted by molar-refractivity contribution is 6.60. The van der Waals surface area contributed by atoms with Crippen molar-refractivity contribution in [2.45, 2.75) is 19.4 Å². The molecule has 0 heterocycles. The van der Waals surface area contributed by atoms with Gasteiger partial charge in [-0.1, -0.05) is 0 Å². The molecular formula is C10H25NO4Si. The highest BCUT2D eigenvalue weighted by Gasteiger charge is 2.36. The first-order chi connectivity index (χ1) is 7.64. The number of hydrogen-bond donors (Lipinski definition) is 0. The van der Waals surface area contributed by atoms with Crippen molar-refractivity contribution in [3.05, 3.63) is 0 Å². The largest absolute Gasteiger partial charge is 0.500 e. The van der Waals surface area contributed by atoms with E-state index in [1.807, 2.05) is 14.0 Å². The van der Waals surface area contributed by atoms with E-state index >= 15 is 0 Å². The van der Waals surface area contributed by atoms with E-state index in [1.165, 1.54) is 0 Å². The molecule has 98 valence electrons. The highest BCUT2D eigenvalue weighted by Crippen LogP contribution is 2.14. The van der Waals surface area contributed by atoms with Crippen molar-refractivity contribution in [1.82, 2.24) is 4.90 Å². The minimum atomic E-state index is -2.38. The average Bonchev–Trinajstić information content (AvgIpc) is 2.33. The summed E-state index contributed by atoms with van der Waals surface area (Å²) in [4.78, 5) is 2.13. The molecule has 6 heteroatoms. The van der Waals surface area contributed by atoms with Gasteiger partial charge in [0.05, 0.1) is 6.73 Å². The van der Waals surface area contributed by atoms with Crippen LogP contribution in [0, 0.1) is 0 Å². The van der Waals surface area contributed by atoms with Crippen molar-refractivity contribution in [2.75, 3.05) is 48.3 Å². The monoisotopic (exact) mass is 251 g/mol. The summed E-state index contributed by atoms with van der Waals surface area (Å²) >= 11 is 0. The zero-order chi connectivity index (χ0) is 12.4. The predicted molar refractivity (Wildman–Crippen MR) is 65.3 cm³/mol. The molecule has 0 N–H and O–H groups in total. The summed E-state index contributed by atoms with van der Waals surface area (Å²) < 4.78 is 21.3. The lowest BCUT2D eigenvalue weighted by molar-refractivity contribution is 0.0495. The molecule has 0 aliphatic carbocycles. The van der Waals surface area contributed by atoms with Crippen LogP contribution < -0.4 is 0 Å². The van der Waals surface area contributed by atoms with Crippen molar-refractivity contribution < 1.29 is 18.0 Å². The molecule has 0 rings (SSSR count). The molecule has 0 atom stereocenters. The average molecular weight is 251 g/mol. The van der Waals surface area contributed by atoms with Crippen LogP contribution in [0.3, 0.4) is 0 Å². The molecule has 0 aromatic rings. The standard InChI is InChI=1S/C10H25NO4Si/c1-6-15-10-11(2)8-7-9-16(12-3,13-4)14-5/h6-10H2,1-5H3. The van der Waals surface area contributed by atoms with E-state index in [0.29, 0.717) is 6.73 Å². The number of hydrogen-bond acceptors (Lipinski definition) is 5. The van der Waals surface area contributed by atoms with Gasteiger partial charge in [-0.3, -0.25) is 4.90 Å². The van der Waals surface area contributed by atoms with E-state index in [9.17, 15) is 0 Å². The number of rotatable bonds is 10. The molecule has 0 amide bonds. The topological polar surface area (TPSA) is 40.2 Å². The lowest BCUT2D eigenvalue weighted by Gasteiger charge is -2.25. The molecule has 0 aliphatic rings. The minimum Gasteiger partial charge on any atom is -0.377 e. The van der Waals surface area contributed by atoms with Crippen LogP contribution in [0.2, 0.25) is 6.04 Å². The van der Waals surface area contributed by atoms with Gasteiger partial charge < -0.3 is 18.0 Å². The Kier molecular flexibility index (Phi) is 9.10. The molecule has 0 aromatic carbocycles. The number of ether oxygens (including phenoxy) is 1. The van der Waals surface area contributed by atoms with Crippen LogP contribution in [0.4, 0.5) is 0 Å². The first-order valence-corrected chi connectivity index (χ1v) is 7.49. The molecule has 0 radical (unpaired) electrons. The van der Waals surface area contributed by atoms with Gasteiger partial charge in [0.25, 0.3) is 0 Å². The van der Waals surface area contributed by atoms with E-state index in [4.69, 9.17) is 18.0 Å². The summed E-state index contributed by atoms with van der Waals surface area (Å²) in [7, 11) is 4.58. The van der Waals surface area contributed by atoms with Crippen molar-refractivity contribution in [2.24, 2.45) is 0 Å². The molecule has 5 nitrogen and oxygen atoms in total. The van der Waals surface area contributed by atoms with Crippen LogP contribution in [0.5, 0.6) is 0 Å².